The van der Waals surface area contributed by atoms with Crippen LogP contribution in [-0.4, -0.2) is 15.5 Å². The van der Waals surface area contributed by atoms with Crippen LogP contribution in [0.25, 0.3) is 0 Å². The van der Waals surface area contributed by atoms with Crippen molar-refractivity contribution in [1.29, 1.82) is 0 Å². The zero-order chi connectivity index (χ0) is 14.8. The third kappa shape index (κ3) is 4.55. The van der Waals surface area contributed by atoms with Crippen LogP contribution in [-0.2, 0) is 6.54 Å². The number of nitrogens with zero attached hydrogens (tertiary/aromatic N) is 2. The average Bonchev–Trinajstić information content (AvgIpc) is 2.36. The highest BCUT2D eigenvalue weighted by Gasteiger charge is 2.22. The fourth-order valence-electron chi connectivity index (χ4n) is 2.81. The van der Waals surface area contributed by atoms with Crippen molar-refractivity contribution in [2.24, 2.45) is 5.92 Å². The van der Waals surface area contributed by atoms with E-state index in [1.807, 2.05) is 0 Å². The lowest BCUT2D eigenvalue weighted by atomic mass is 9.82. The van der Waals surface area contributed by atoms with Gasteiger partial charge in [0.1, 0.15) is 5.82 Å². The van der Waals surface area contributed by atoms with Gasteiger partial charge in [-0.25, -0.2) is 9.97 Å². The molecule has 1 aliphatic rings. The number of rotatable bonds is 3. The number of hydrogen-bond donors (Lipinski definition) is 1. The predicted octanol–water partition coefficient (Wildman–Crippen LogP) is 3.97. The molecule has 0 aromatic carbocycles. The van der Waals surface area contributed by atoms with Crippen molar-refractivity contribution in [3.8, 4) is 0 Å². The summed E-state index contributed by atoms with van der Waals surface area (Å²) < 4.78 is 0. The SMILES string of the molecule is Cc1cc(CNC(C)(C)C)nc(C2CCC(C)CC2)n1. The van der Waals surface area contributed by atoms with Crippen molar-refractivity contribution < 1.29 is 0 Å². The second-order valence-electron chi connectivity index (χ2n) is 7.42. The first kappa shape index (κ1) is 15.4. The van der Waals surface area contributed by atoms with Gasteiger partial charge in [0.25, 0.3) is 0 Å². The summed E-state index contributed by atoms with van der Waals surface area (Å²) in [4.78, 5) is 9.50. The zero-order valence-corrected chi connectivity index (χ0v) is 13.7. The predicted molar refractivity (Wildman–Crippen MR) is 83.7 cm³/mol. The third-order valence-electron chi connectivity index (χ3n) is 4.11. The molecule has 20 heavy (non-hydrogen) atoms. The van der Waals surface area contributed by atoms with E-state index < -0.39 is 0 Å². The molecule has 1 aromatic heterocycles. The molecule has 1 aromatic rings. The van der Waals surface area contributed by atoms with Crippen LogP contribution in [0.1, 0.15) is 76.5 Å². The Morgan fingerprint density at radius 2 is 1.80 bits per heavy atom. The van der Waals surface area contributed by atoms with Gasteiger partial charge in [0.15, 0.2) is 0 Å². The van der Waals surface area contributed by atoms with Gasteiger partial charge in [-0.2, -0.15) is 0 Å². The van der Waals surface area contributed by atoms with Crippen LogP contribution < -0.4 is 5.32 Å². The fraction of sp³-hybridized carbons (Fsp3) is 0.765. The Kier molecular flexibility index (Phi) is 4.79. The van der Waals surface area contributed by atoms with Crippen LogP contribution in [0, 0.1) is 12.8 Å². The minimum absolute atomic E-state index is 0.124. The normalized spacial score (nSPS) is 23.9. The van der Waals surface area contributed by atoms with E-state index in [1.165, 1.54) is 25.7 Å². The first-order valence-corrected chi connectivity index (χ1v) is 7.93. The molecule has 1 fully saturated rings. The summed E-state index contributed by atoms with van der Waals surface area (Å²) >= 11 is 0. The molecule has 3 nitrogen and oxygen atoms in total. The van der Waals surface area contributed by atoms with E-state index in [-0.39, 0.29) is 5.54 Å². The lowest BCUT2D eigenvalue weighted by Crippen LogP contribution is -2.35. The fourth-order valence-corrected chi connectivity index (χ4v) is 2.81. The molecule has 0 amide bonds. The summed E-state index contributed by atoms with van der Waals surface area (Å²) in [5, 5.41) is 3.51. The monoisotopic (exact) mass is 275 g/mol. The summed E-state index contributed by atoms with van der Waals surface area (Å²) in [7, 11) is 0. The topological polar surface area (TPSA) is 37.8 Å². The van der Waals surface area contributed by atoms with Gasteiger partial charge in [0, 0.05) is 23.7 Å². The average molecular weight is 275 g/mol. The van der Waals surface area contributed by atoms with Crippen LogP contribution in [0.15, 0.2) is 6.07 Å². The maximum absolute atomic E-state index is 4.81. The first-order valence-electron chi connectivity index (χ1n) is 7.93. The van der Waals surface area contributed by atoms with Crippen molar-refractivity contribution in [3.05, 3.63) is 23.3 Å². The van der Waals surface area contributed by atoms with E-state index >= 15 is 0 Å². The van der Waals surface area contributed by atoms with E-state index in [0.717, 1.165) is 29.7 Å². The number of aryl methyl sites for hydroxylation is 1. The van der Waals surface area contributed by atoms with Crippen LogP contribution in [0.4, 0.5) is 0 Å². The lowest BCUT2D eigenvalue weighted by molar-refractivity contribution is 0.338. The van der Waals surface area contributed by atoms with Gasteiger partial charge < -0.3 is 5.32 Å². The third-order valence-corrected chi connectivity index (χ3v) is 4.11. The summed E-state index contributed by atoms with van der Waals surface area (Å²) in [6.45, 7) is 11.8. The Balaban J connectivity index is 2.08. The van der Waals surface area contributed by atoms with E-state index in [9.17, 15) is 0 Å². The largest absolute Gasteiger partial charge is 0.306 e. The molecule has 0 unspecified atom stereocenters. The lowest BCUT2D eigenvalue weighted by Gasteiger charge is -2.26. The van der Waals surface area contributed by atoms with Gasteiger partial charge in [-0.15, -0.1) is 0 Å². The minimum atomic E-state index is 0.124. The molecule has 0 aliphatic heterocycles. The van der Waals surface area contributed by atoms with Gasteiger partial charge in [-0.05, 0) is 52.5 Å². The van der Waals surface area contributed by atoms with Crippen molar-refractivity contribution in [1.82, 2.24) is 15.3 Å². The molecule has 0 spiro atoms. The molecule has 0 saturated heterocycles. The Morgan fingerprint density at radius 1 is 1.15 bits per heavy atom. The Morgan fingerprint density at radius 3 is 2.40 bits per heavy atom. The second-order valence-corrected chi connectivity index (χ2v) is 7.42. The number of nitrogens with one attached hydrogen (secondary N) is 1. The smallest absolute Gasteiger partial charge is 0.131 e. The maximum Gasteiger partial charge on any atom is 0.131 e. The van der Waals surface area contributed by atoms with Gasteiger partial charge in [-0.1, -0.05) is 19.8 Å². The summed E-state index contributed by atoms with van der Waals surface area (Å²) in [6.07, 6.45) is 5.13. The molecule has 112 valence electrons. The van der Waals surface area contributed by atoms with Gasteiger partial charge in [-0.3, -0.25) is 0 Å². The number of hydrogen-bond acceptors (Lipinski definition) is 3. The molecule has 0 atom stereocenters. The molecule has 1 aliphatic carbocycles. The first-order chi connectivity index (χ1) is 9.33. The van der Waals surface area contributed by atoms with Crippen molar-refractivity contribution in [2.75, 3.05) is 0 Å². The highest BCUT2D eigenvalue weighted by molar-refractivity contribution is 5.13. The minimum Gasteiger partial charge on any atom is -0.306 e. The molecule has 2 rings (SSSR count). The van der Waals surface area contributed by atoms with Crippen LogP contribution in [0.3, 0.4) is 0 Å². The van der Waals surface area contributed by atoms with E-state index in [4.69, 9.17) is 4.98 Å². The highest BCUT2D eigenvalue weighted by Crippen LogP contribution is 2.34. The molecule has 1 heterocycles. The molecular weight excluding hydrogens is 246 g/mol. The zero-order valence-electron chi connectivity index (χ0n) is 13.7. The summed E-state index contributed by atoms with van der Waals surface area (Å²) in [5.41, 5.74) is 2.35. The standard InChI is InChI=1S/C17H29N3/c1-12-6-8-14(9-7-12)16-19-13(2)10-15(20-16)11-18-17(3,4)5/h10,12,14,18H,6-9,11H2,1-5H3. The van der Waals surface area contributed by atoms with Crippen LogP contribution in [0.2, 0.25) is 0 Å². The molecule has 0 bridgehead atoms. The quantitative estimate of drug-likeness (QED) is 0.907. The Hall–Kier alpha value is -0.960. The van der Waals surface area contributed by atoms with Crippen LogP contribution in [0.5, 0.6) is 0 Å². The van der Waals surface area contributed by atoms with E-state index in [1.54, 1.807) is 0 Å². The van der Waals surface area contributed by atoms with E-state index in [2.05, 4.69) is 51.0 Å². The molecule has 1 N–H and O–H groups in total. The highest BCUT2D eigenvalue weighted by atomic mass is 15.0. The van der Waals surface area contributed by atoms with Crippen molar-refractivity contribution in [3.63, 3.8) is 0 Å². The second kappa shape index (κ2) is 6.21. The Labute approximate surface area is 123 Å². The van der Waals surface area contributed by atoms with Crippen molar-refractivity contribution >= 4 is 0 Å². The van der Waals surface area contributed by atoms with Crippen molar-refractivity contribution in [2.45, 2.75) is 78.3 Å². The summed E-state index contributed by atoms with van der Waals surface area (Å²) in [6, 6.07) is 2.10. The molecule has 3 heteroatoms. The van der Waals surface area contributed by atoms with Gasteiger partial charge in [0.2, 0.25) is 0 Å². The summed E-state index contributed by atoms with van der Waals surface area (Å²) in [5.74, 6) is 2.51. The van der Waals surface area contributed by atoms with Crippen LogP contribution >= 0.6 is 0 Å². The Bertz CT molecular complexity index is 440. The number of aromatic nitrogens is 2. The molecular formula is C17H29N3. The van der Waals surface area contributed by atoms with Gasteiger partial charge >= 0.3 is 0 Å². The maximum atomic E-state index is 4.81. The van der Waals surface area contributed by atoms with E-state index in [0.29, 0.717) is 5.92 Å². The van der Waals surface area contributed by atoms with Gasteiger partial charge in [0.05, 0.1) is 5.69 Å². The molecule has 1 saturated carbocycles. The molecule has 0 radical (unpaired) electrons.